The Morgan fingerprint density at radius 1 is 1.36 bits per heavy atom. The molecule has 25 heavy (non-hydrogen) atoms. The lowest BCUT2D eigenvalue weighted by Gasteiger charge is -2.42. The summed E-state index contributed by atoms with van der Waals surface area (Å²) in [6.45, 7) is 3.62. The van der Waals surface area contributed by atoms with Crippen LogP contribution in [0.1, 0.15) is 31.0 Å². The van der Waals surface area contributed by atoms with Crippen molar-refractivity contribution in [2.75, 3.05) is 0 Å². The lowest BCUT2D eigenvalue weighted by atomic mass is 9.85. The molecule has 2 heterocycles. The number of aliphatic hydroxyl groups excluding tert-OH is 1. The fourth-order valence-electron chi connectivity index (χ4n) is 3.16. The first-order chi connectivity index (χ1) is 11.9. The van der Waals surface area contributed by atoms with Crippen LogP contribution < -0.4 is 10.3 Å². The van der Waals surface area contributed by atoms with Gasteiger partial charge in [-0.25, -0.2) is 0 Å². The van der Waals surface area contributed by atoms with Gasteiger partial charge in [0.25, 0.3) is 5.56 Å². The lowest BCUT2D eigenvalue weighted by molar-refractivity contribution is -0.0643. The molecular formula is C20H20N2O3. The van der Waals surface area contributed by atoms with Crippen LogP contribution in [0.15, 0.2) is 59.5 Å². The molecule has 5 heteroatoms. The zero-order valence-corrected chi connectivity index (χ0v) is 14.2. The van der Waals surface area contributed by atoms with Gasteiger partial charge in [-0.15, -0.1) is 0 Å². The Bertz CT molecular complexity index is 906. The Balaban J connectivity index is 2.13. The second-order valence-corrected chi connectivity index (χ2v) is 6.65. The van der Waals surface area contributed by atoms with Crippen molar-refractivity contribution < 1.29 is 9.84 Å². The second-order valence-electron chi connectivity index (χ2n) is 6.65. The molecule has 128 valence electrons. The molecule has 0 saturated carbocycles. The highest BCUT2D eigenvalue weighted by atomic mass is 16.5. The molecule has 0 spiro atoms. The first kappa shape index (κ1) is 17.0. The van der Waals surface area contributed by atoms with Gasteiger partial charge in [0.15, 0.2) is 0 Å². The zero-order chi connectivity index (χ0) is 18.0. The van der Waals surface area contributed by atoms with Gasteiger partial charge in [-0.2, -0.15) is 5.26 Å². The van der Waals surface area contributed by atoms with Gasteiger partial charge in [-0.3, -0.25) is 4.79 Å². The Labute approximate surface area is 146 Å². The Hall–Kier alpha value is -2.84. The number of nitrogens with zero attached hydrogens (tertiary/aromatic N) is 2. The molecule has 1 aliphatic heterocycles. The van der Waals surface area contributed by atoms with Crippen LogP contribution in [0.2, 0.25) is 0 Å². The summed E-state index contributed by atoms with van der Waals surface area (Å²) in [6, 6.07) is 12.1. The van der Waals surface area contributed by atoms with E-state index in [-0.39, 0.29) is 5.56 Å². The van der Waals surface area contributed by atoms with Crippen molar-refractivity contribution in [1.29, 1.82) is 5.26 Å². The molecule has 2 atom stereocenters. The van der Waals surface area contributed by atoms with Gasteiger partial charge in [0.2, 0.25) is 0 Å². The van der Waals surface area contributed by atoms with E-state index in [0.29, 0.717) is 12.2 Å². The van der Waals surface area contributed by atoms with Gasteiger partial charge in [0.1, 0.15) is 17.5 Å². The number of allylic oxidation sites excluding steroid dienone is 2. The van der Waals surface area contributed by atoms with Gasteiger partial charge in [-0.05, 0) is 44.0 Å². The second kappa shape index (κ2) is 6.58. The number of hydrogen-bond donors (Lipinski definition) is 1. The Morgan fingerprint density at radius 3 is 2.88 bits per heavy atom. The lowest BCUT2D eigenvalue weighted by Crippen LogP contribution is -2.52. The van der Waals surface area contributed by atoms with E-state index in [1.807, 2.05) is 38.1 Å². The first-order valence-electron chi connectivity index (χ1n) is 8.16. The van der Waals surface area contributed by atoms with Gasteiger partial charge < -0.3 is 14.4 Å². The fraction of sp³-hybridized carbons (Fsp3) is 0.300. The molecule has 2 aromatic rings. The van der Waals surface area contributed by atoms with Gasteiger partial charge in [0, 0.05) is 23.9 Å². The van der Waals surface area contributed by atoms with Crippen LogP contribution in [0.4, 0.5) is 0 Å². The topological polar surface area (TPSA) is 75.2 Å². The number of hydrogen-bond acceptors (Lipinski definition) is 4. The van der Waals surface area contributed by atoms with E-state index in [9.17, 15) is 9.90 Å². The molecule has 1 aliphatic rings. The predicted molar refractivity (Wildman–Crippen MR) is 94.5 cm³/mol. The average Bonchev–Trinajstić information content (AvgIpc) is 2.58. The SMILES string of the molecule is CC1(C)Oc2ccc(C/C=C/C#N)cc2[C@@H](n2ccccc2=O)[C@@H]1O. The molecule has 1 aromatic heterocycles. The maximum atomic E-state index is 12.3. The third-order valence-corrected chi connectivity index (χ3v) is 4.47. The molecule has 1 aromatic carbocycles. The molecule has 0 amide bonds. The number of rotatable bonds is 3. The van der Waals surface area contributed by atoms with Crippen LogP contribution in [0.5, 0.6) is 5.75 Å². The van der Waals surface area contributed by atoms with E-state index < -0.39 is 17.7 Å². The van der Waals surface area contributed by atoms with Gasteiger partial charge in [0.05, 0.1) is 12.1 Å². The number of nitriles is 1. The third-order valence-electron chi connectivity index (χ3n) is 4.47. The maximum Gasteiger partial charge on any atom is 0.251 e. The quantitative estimate of drug-likeness (QED) is 0.874. The van der Waals surface area contributed by atoms with Crippen molar-refractivity contribution >= 4 is 0 Å². The predicted octanol–water partition coefficient (Wildman–Crippen LogP) is 2.59. The van der Waals surface area contributed by atoms with Crippen LogP contribution in [0.3, 0.4) is 0 Å². The molecular weight excluding hydrogens is 316 g/mol. The van der Waals surface area contributed by atoms with Crippen LogP contribution in [0.25, 0.3) is 0 Å². The monoisotopic (exact) mass is 336 g/mol. The molecule has 0 fully saturated rings. The van der Waals surface area contributed by atoms with Crippen molar-refractivity contribution in [3.05, 3.63) is 76.2 Å². The van der Waals surface area contributed by atoms with Gasteiger partial charge >= 0.3 is 0 Å². The highest BCUT2D eigenvalue weighted by Gasteiger charge is 2.44. The smallest absolute Gasteiger partial charge is 0.251 e. The number of aliphatic hydroxyl groups is 1. The summed E-state index contributed by atoms with van der Waals surface area (Å²) in [4.78, 5) is 12.3. The van der Waals surface area contributed by atoms with E-state index >= 15 is 0 Å². The summed E-state index contributed by atoms with van der Waals surface area (Å²) >= 11 is 0. The van der Waals surface area contributed by atoms with E-state index in [4.69, 9.17) is 10.00 Å². The molecule has 0 saturated heterocycles. The molecule has 1 N–H and O–H groups in total. The molecule has 0 unspecified atom stereocenters. The first-order valence-corrected chi connectivity index (χ1v) is 8.16. The number of aromatic nitrogens is 1. The van der Waals surface area contributed by atoms with Crippen molar-refractivity contribution in [3.8, 4) is 11.8 Å². The van der Waals surface area contributed by atoms with Crippen molar-refractivity contribution in [3.63, 3.8) is 0 Å². The highest BCUT2D eigenvalue weighted by molar-refractivity contribution is 5.44. The minimum atomic E-state index is -0.884. The number of benzene rings is 1. The van der Waals surface area contributed by atoms with E-state index in [0.717, 1.165) is 11.1 Å². The summed E-state index contributed by atoms with van der Waals surface area (Å²) < 4.78 is 7.51. The summed E-state index contributed by atoms with van der Waals surface area (Å²) in [5.41, 5.74) is 0.748. The van der Waals surface area contributed by atoms with Crippen LogP contribution in [-0.2, 0) is 6.42 Å². The number of pyridine rings is 1. The van der Waals surface area contributed by atoms with E-state index in [1.165, 1.54) is 12.1 Å². The van der Waals surface area contributed by atoms with Gasteiger partial charge in [-0.1, -0.05) is 18.2 Å². The normalized spacial score (nSPS) is 21.4. The molecule has 0 bridgehead atoms. The van der Waals surface area contributed by atoms with Crippen LogP contribution in [0, 0.1) is 11.3 Å². The number of fused-ring (bicyclic) bond motifs is 1. The summed E-state index contributed by atoms with van der Waals surface area (Å²) in [6.07, 6.45) is 4.60. The summed E-state index contributed by atoms with van der Waals surface area (Å²) in [5.74, 6) is 0.657. The highest BCUT2D eigenvalue weighted by Crippen LogP contribution is 2.41. The largest absolute Gasteiger partial charge is 0.485 e. The molecule has 3 rings (SSSR count). The van der Waals surface area contributed by atoms with Crippen LogP contribution in [-0.4, -0.2) is 21.4 Å². The molecule has 0 radical (unpaired) electrons. The summed E-state index contributed by atoms with van der Waals surface area (Å²) in [7, 11) is 0. The fourth-order valence-corrected chi connectivity index (χ4v) is 3.16. The minimum absolute atomic E-state index is 0.176. The van der Waals surface area contributed by atoms with Crippen LogP contribution >= 0.6 is 0 Å². The summed E-state index contributed by atoms with van der Waals surface area (Å²) in [5, 5.41) is 19.5. The van der Waals surface area contributed by atoms with E-state index in [1.54, 1.807) is 29.0 Å². The molecule has 5 nitrogen and oxygen atoms in total. The van der Waals surface area contributed by atoms with E-state index in [2.05, 4.69) is 0 Å². The van der Waals surface area contributed by atoms with Crippen molar-refractivity contribution in [2.24, 2.45) is 0 Å². The van der Waals surface area contributed by atoms with Crippen molar-refractivity contribution in [1.82, 2.24) is 4.57 Å². The zero-order valence-electron chi connectivity index (χ0n) is 14.2. The average molecular weight is 336 g/mol. The maximum absolute atomic E-state index is 12.3. The van der Waals surface area contributed by atoms with Crippen molar-refractivity contribution in [2.45, 2.75) is 38.0 Å². The molecule has 0 aliphatic carbocycles. The minimum Gasteiger partial charge on any atom is -0.485 e. The third kappa shape index (κ3) is 3.21. The Kier molecular flexibility index (Phi) is 4.47. The number of ether oxygens (including phenoxy) is 1. The Morgan fingerprint density at radius 2 is 2.16 bits per heavy atom. The standard InChI is InChI=1S/C20H20N2O3/c1-20(2)19(24)18(22-12-6-4-8-17(22)23)15-13-14(7-3-5-11-21)9-10-16(15)25-20/h3-6,8-10,12-13,18-19,24H,7H2,1-2H3/b5-3+/t18-,19+/m1/s1.